The molecule has 3 unspecified atom stereocenters. The third-order valence-corrected chi connectivity index (χ3v) is 8.92. The van der Waals surface area contributed by atoms with Gasteiger partial charge in [0, 0.05) is 32.6 Å². The van der Waals surface area contributed by atoms with Crippen molar-refractivity contribution in [1.82, 2.24) is 9.21 Å². The number of carbonyl (C=O) groups is 1. The van der Waals surface area contributed by atoms with E-state index < -0.39 is 10.0 Å². The maximum Gasteiger partial charge on any atom is 0.243 e. The summed E-state index contributed by atoms with van der Waals surface area (Å²) in [4.78, 5) is 14.9. The zero-order chi connectivity index (χ0) is 19.2. The first kappa shape index (κ1) is 18.9. The Morgan fingerprint density at radius 1 is 1.04 bits per heavy atom. The lowest BCUT2D eigenvalue weighted by molar-refractivity contribution is -0.133. The van der Waals surface area contributed by atoms with E-state index in [4.69, 9.17) is 0 Å². The summed E-state index contributed by atoms with van der Waals surface area (Å²) in [5.41, 5.74) is 2.07. The number of nitrogens with zero attached hydrogens (tertiary/aromatic N) is 2. The van der Waals surface area contributed by atoms with Gasteiger partial charge < -0.3 is 4.90 Å². The first-order valence-corrected chi connectivity index (χ1v) is 11.6. The lowest BCUT2D eigenvalue weighted by Gasteiger charge is -2.35. The first-order valence-electron chi connectivity index (χ1n) is 10.2. The summed E-state index contributed by atoms with van der Waals surface area (Å²) in [6.07, 6.45) is 5.84. The monoisotopic (exact) mass is 390 g/mol. The van der Waals surface area contributed by atoms with E-state index in [0.29, 0.717) is 43.4 Å². The van der Waals surface area contributed by atoms with Crippen LogP contribution in [0.5, 0.6) is 0 Å². The number of fused-ring (bicyclic) bond motifs is 2. The van der Waals surface area contributed by atoms with Crippen LogP contribution in [0.4, 0.5) is 0 Å². The molecule has 0 aromatic heterocycles. The Morgan fingerprint density at radius 2 is 1.78 bits per heavy atom. The molecule has 0 spiro atoms. The fourth-order valence-corrected chi connectivity index (χ4v) is 6.69. The van der Waals surface area contributed by atoms with Crippen LogP contribution in [0.25, 0.3) is 0 Å². The van der Waals surface area contributed by atoms with Crippen LogP contribution in [0.3, 0.4) is 0 Å². The molecule has 3 aliphatic rings. The van der Waals surface area contributed by atoms with Crippen molar-refractivity contribution in [1.29, 1.82) is 0 Å². The minimum atomic E-state index is -3.48. The van der Waals surface area contributed by atoms with Crippen molar-refractivity contribution in [3.8, 4) is 0 Å². The molecule has 2 saturated carbocycles. The molecule has 148 valence electrons. The molecule has 0 radical (unpaired) electrons. The number of amides is 1. The molecule has 2 aliphatic carbocycles. The highest BCUT2D eigenvalue weighted by Gasteiger charge is 2.41. The number of rotatable bonds is 4. The van der Waals surface area contributed by atoms with Gasteiger partial charge in [0.2, 0.25) is 15.9 Å². The number of piperazine rings is 1. The van der Waals surface area contributed by atoms with Gasteiger partial charge in [-0.05, 0) is 74.1 Å². The smallest absolute Gasteiger partial charge is 0.243 e. The number of carbonyl (C=O) groups excluding carboxylic acids is 1. The van der Waals surface area contributed by atoms with Gasteiger partial charge in [0.25, 0.3) is 0 Å². The molecule has 3 atom stereocenters. The molecule has 5 nitrogen and oxygen atoms in total. The Labute approximate surface area is 162 Å². The van der Waals surface area contributed by atoms with E-state index in [9.17, 15) is 13.2 Å². The quantitative estimate of drug-likeness (QED) is 0.794. The fraction of sp³-hybridized carbons (Fsp3) is 0.667. The number of sulfonamides is 1. The molecule has 3 fully saturated rings. The molecule has 0 N–H and O–H groups in total. The molecular weight excluding hydrogens is 360 g/mol. The van der Waals surface area contributed by atoms with Crippen molar-refractivity contribution in [3.63, 3.8) is 0 Å². The van der Waals surface area contributed by atoms with Gasteiger partial charge in [-0.3, -0.25) is 4.79 Å². The molecule has 1 aliphatic heterocycles. The van der Waals surface area contributed by atoms with Gasteiger partial charge >= 0.3 is 0 Å². The number of hydrogen-bond acceptors (Lipinski definition) is 3. The van der Waals surface area contributed by atoms with Crippen LogP contribution in [0.2, 0.25) is 0 Å². The average molecular weight is 391 g/mol. The van der Waals surface area contributed by atoms with E-state index in [2.05, 4.69) is 0 Å². The highest BCUT2D eigenvalue weighted by Crippen LogP contribution is 2.49. The van der Waals surface area contributed by atoms with Crippen molar-refractivity contribution in [2.45, 2.75) is 50.8 Å². The number of hydrogen-bond donors (Lipinski definition) is 0. The van der Waals surface area contributed by atoms with Crippen LogP contribution in [-0.4, -0.2) is 49.7 Å². The van der Waals surface area contributed by atoms with Crippen LogP contribution >= 0.6 is 0 Å². The normalized spacial score (nSPS) is 28.7. The maximum absolute atomic E-state index is 12.9. The van der Waals surface area contributed by atoms with Gasteiger partial charge in [-0.1, -0.05) is 12.5 Å². The van der Waals surface area contributed by atoms with Gasteiger partial charge in [-0.15, -0.1) is 0 Å². The summed E-state index contributed by atoms with van der Waals surface area (Å²) in [5.74, 6) is 2.39. The molecule has 27 heavy (non-hydrogen) atoms. The van der Waals surface area contributed by atoms with Crippen LogP contribution in [0.1, 0.15) is 43.2 Å². The SMILES string of the molecule is Cc1ccc(S(=O)(=O)N2CCN(C(=O)CC3CC4CCC3C4)CC2)cc1C. The summed E-state index contributed by atoms with van der Waals surface area (Å²) >= 11 is 0. The van der Waals surface area contributed by atoms with Crippen molar-refractivity contribution >= 4 is 15.9 Å². The molecule has 1 amide bonds. The molecule has 1 saturated heterocycles. The first-order chi connectivity index (χ1) is 12.8. The topological polar surface area (TPSA) is 57.7 Å². The minimum Gasteiger partial charge on any atom is -0.340 e. The molecule has 1 heterocycles. The zero-order valence-electron chi connectivity index (χ0n) is 16.4. The predicted octanol–water partition coefficient (Wildman–Crippen LogP) is 2.96. The highest BCUT2D eigenvalue weighted by atomic mass is 32.2. The molecule has 1 aromatic rings. The third-order valence-electron chi connectivity index (χ3n) is 7.03. The lowest BCUT2D eigenvalue weighted by atomic mass is 9.86. The fourth-order valence-electron chi connectivity index (χ4n) is 5.18. The summed E-state index contributed by atoms with van der Waals surface area (Å²) in [6.45, 7) is 5.69. The summed E-state index contributed by atoms with van der Waals surface area (Å²) < 4.78 is 27.4. The lowest BCUT2D eigenvalue weighted by Crippen LogP contribution is -2.50. The maximum atomic E-state index is 12.9. The van der Waals surface area contributed by atoms with E-state index >= 15 is 0 Å². The van der Waals surface area contributed by atoms with Crippen LogP contribution in [0, 0.1) is 31.6 Å². The number of benzene rings is 1. The van der Waals surface area contributed by atoms with Crippen LogP contribution < -0.4 is 0 Å². The van der Waals surface area contributed by atoms with Gasteiger partial charge in [0.15, 0.2) is 0 Å². The van der Waals surface area contributed by atoms with Crippen LogP contribution in [-0.2, 0) is 14.8 Å². The third kappa shape index (κ3) is 3.66. The standard InChI is InChI=1S/C21H30N2O3S/c1-15-3-6-20(11-16(15)2)27(25,26)23-9-7-22(8-10-23)21(24)14-19-13-17-4-5-18(19)12-17/h3,6,11,17-19H,4-5,7-10,12-14H2,1-2H3. The van der Waals surface area contributed by atoms with Gasteiger partial charge in [0.05, 0.1) is 4.90 Å². The van der Waals surface area contributed by atoms with Gasteiger partial charge in [0.1, 0.15) is 0 Å². The van der Waals surface area contributed by atoms with Crippen molar-refractivity contribution in [2.75, 3.05) is 26.2 Å². The van der Waals surface area contributed by atoms with Crippen molar-refractivity contribution < 1.29 is 13.2 Å². The minimum absolute atomic E-state index is 0.218. The number of aryl methyl sites for hydroxylation is 2. The Bertz CT molecular complexity index is 828. The summed E-state index contributed by atoms with van der Waals surface area (Å²) in [7, 11) is -3.48. The van der Waals surface area contributed by atoms with E-state index in [0.717, 1.165) is 23.0 Å². The summed E-state index contributed by atoms with van der Waals surface area (Å²) in [6, 6.07) is 5.29. The zero-order valence-corrected chi connectivity index (χ0v) is 17.2. The van der Waals surface area contributed by atoms with E-state index in [1.807, 2.05) is 24.8 Å². The van der Waals surface area contributed by atoms with E-state index in [1.54, 1.807) is 12.1 Å². The molecule has 1 aromatic carbocycles. The second kappa shape index (κ2) is 7.21. The Balaban J connectivity index is 1.35. The second-order valence-electron chi connectivity index (χ2n) is 8.67. The summed E-state index contributed by atoms with van der Waals surface area (Å²) in [5, 5.41) is 0. The van der Waals surface area contributed by atoms with Crippen molar-refractivity contribution in [2.24, 2.45) is 17.8 Å². The highest BCUT2D eigenvalue weighted by molar-refractivity contribution is 7.89. The Hall–Kier alpha value is -1.40. The second-order valence-corrected chi connectivity index (χ2v) is 10.6. The largest absolute Gasteiger partial charge is 0.340 e. The van der Waals surface area contributed by atoms with Crippen molar-refractivity contribution in [3.05, 3.63) is 29.3 Å². The van der Waals surface area contributed by atoms with Crippen LogP contribution in [0.15, 0.2) is 23.1 Å². The molecule has 6 heteroatoms. The Kier molecular flexibility index (Phi) is 5.06. The van der Waals surface area contributed by atoms with E-state index in [1.165, 1.54) is 30.0 Å². The Morgan fingerprint density at radius 3 is 2.37 bits per heavy atom. The van der Waals surface area contributed by atoms with Gasteiger partial charge in [-0.2, -0.15) is 4.31 Å². The molecular formula is C21H30N2O3S. The van der Waals surface area contributed by atoms with Gasteiger partial charge in [-0.25, -0.2) is 8.42 Å². The average Bonchev–Trinajstić information content (AvgIpc) is 3.27. The molecule has 4 rings (SSSR count). The van der Waals surface area contributed by atoms with E-state index in [-0.39, 0.29) is 5.91 Å². The predicted molar refractivity (Wildman–Crippen MR) is 105 cm³/mol. The molecule has 2 bridgehead atoms.